The fraction of sp³-hybridized carbons (Fsp3) is 0.417. The fourth-order valence-corrected chi connectivity index (χ4v) is 5.04. The molecule has 1 atom stereocenters. The van der Waals surface area contributed by atoms with Gasteiger partial charge in [-0.1, -0.05) is 11.6 Å². The van der Waals surface area contributed by atoms with Gasteiger partial charge in [0.2, 0.25) is 5.91 Å². The second-order valence-electron chi connectivity index (χ2n) is 8.35. The van der Waals surface area contributed by atoms with Crippen molar-refractivity contribution in [2.75, 3.05) is 56.2 Å². The highest BCUT2D eigenvalue weighted by Crippen LogP contribution is 2.27. The van der Waals surface area contributed by atoms with E-state index in [0.717, 1.165) is 21.9 Å². The van der Waals surface area contributed by atoms with Crippen LogP contribution in [-0.4, -0.2) is 81.3 Å². The summed E-state index contributed by atoms with van der Waals surface area (Å²) in [4.78, 5) is 55.3. The van der Waals surface area contributed by atoms with Crippen molar-refractivity contribution in [1.29, 1.82) is 0 Å². The molecular formula is C24H28Cl2N4O6S. The first kappa shape index (κ1) is 28.9. The molecule has 1 N–H and O–H groups in total. The van der Waals surface area contributed by atoms with E-state index in [1.165, 1.54) is 4.90 Å². The van der Waals surface area contributed by atoms with Gasteiger partial charge >= 0.3 is 6.09 Å². The Morgan fingerprint density at radius 3 is 2.46 bits per heavy atom. The zero-order valence-electron chi connectivity index (χ0n) is 20.2. The highest BCUT2D eigenvalue weighted by Gasteiger charge is 2.36. The second-order valence-corrected chi connectivity index (χ2v) is 10.1. The summed E-state index contributed by atoms with van der Waals surface area (Å²) in [5.41, 5.74) is 1.31. The van der Waals surface area contributed by atoms with Crippen LogP contribution in [0.1, 0.15) is 22.5 Å². The van der Waals surface area contributed by atoms with Crippen molar-refractivity contribution in [2.45, 2.75) is 18.9 Å². The fourth-order valence-electron chi connectivity index (χ4n) is 4.05. The number of anilines is 2. The largest absolute Gasteiger partial charge is 0.442 e. The number of morpholine rings is 1. The predicted octanol–water partition coefficient (Wildman–Crippen LogP) is 3.18. The minimum Gasteiger partial charge on any atom is -0.442 e. The molecule has 37 heavy (non-hydrogen) atoms. The lowest BCUT2D eigenvalue weighted by atomic mass is 10.2. The molecule has 0 radical (unpaired) electrons. The Morgan fingerprint density at radius 1 is 1.14 bits per heavy atom. The van der Waals surface area contributed by atoms with Crippen molar-refractivity contribution in [3.05, 3.63) is 45.6 Å². The van der Waals surface area contributed by atoms with E-state index in [9.17, 15) is 19.2 Å². The summed E-state index contributed by atoms with van der Waals surface area (Å²) in [6, 6.07) is 10.2. The third kappa shape index (κ3) is 6.99. The Labute approximate surface area is 229 Å². The maximum atomic E-state index is 13.1. The first-order chi connectivity index (χ1) is 17.4. The molecule has 200 valence electrons. The van der Waals surface area contributed by atoms with Gasteiger partial charge in [0.05, 0.1) is 28.9 Å². The standard InChI is InChI=1S/C24H27ClN4O6S.ClH/c1-26-10-2-3-21(30)29(23(32)19-8-9-20(25)36-19)14-18-13-28(24(33)35-18)17-6-4-16(5-7-17)27-11-12-34-15-22(27)31;/h4-9,18,26H,2-3,10-15H2,1H3;1H/t18-;/m1./s1. The molecule has 0 spiro atoms. The molecule has 0 bridgehead atoms. The number of benzene rings is 1. The number of cyclic esters (lactones) is 1. The number of carbonyl (C=O) groups excluding carboxylic acids is 4. The predicted molar refractivity (Wildman–Crippen MR) is 143 cm³/mol. The topological polar surface area (TPSA) is 108 Å². The van der Waals surface area contributed by atoms with Crippen molar-refractivity contribution in [2.24, 2.45) is 0 Å². The molecule has 0 unspecified atom stereocenters. The smallest absolute Gasteiger partial charge is 0.414 e. The highest BCUT2D eigenvalue weighted by molar-refractivity contribution is 7.18. The van der Waals surface area contributed by atoms with Crippen molar-refractivity contribution in [3.8, 4) is 0 Å². The van der Waals surface area contributed by atoms with Gasteiger partial charge in [0.1, 0.15) is 12.7 Å². The van der Waals surface area contributed by atoms with Crippen molar-refractivity contribution >= 4 is 70.5 Å². The second kappa shape index (κ2) is 13.2. The van der Waals surface area contributed by atoms with Gasteiger partial charge in [-0.25, -0.2) is 4.79 Å². The van der Waals surface area contributed by atoms with E-state index < -0.39 is 18.1 Å². The molecule has 1 aromatic heterocycles. The molecule has 2 aromatic rings. The van der Waals surface area contributed by atoms with Crippen molar-refractivity contribution in [1.82, 2.24) is 10.2 Å². The molecule has 2 saturated heterocycles. The molecule has 2 fully saturated rings. The quantitative estimate of drug-likeness (QED) is 0.461. The summed E-state index contributed by atoms with van der Waals surface area (Å²) >= 11 is 7.08. The number of nitrogens with zero attached hydrogens (tertiary/aromatic N) is 3. The van der Waals surface area contributed by atoms with Crippen molar-refractivity contribution < 1.29 is 28.7 Å². The molecular weight excluding hydrogens is 543 g/mol. The maximum Gasteiger partial charge on any atom is 0.414 e. The average molecular weight is 571 g/mol. The van der Waals surface area contributed by atoms with Crippen LogP contribution in [0.25, 0.3) is 0 Å². The Morgan fingerprint density at radius 2 is 1.84 bits per heavy atom. The van der Waals surface area contributed by atoms with Gasteiger partial charge in [-0.05, 0) is 56.4 Å². The SMILES string of the molecule is CNCCCC(=O)N(C[C@H]1CN(c2ccc(N3CCOCC3=O)cc2)C(=O)O1)C(=O)c1ccc(Cl)s1.Cl. The van der Waals surface area contributed by atoms with E-state index in [1.54, 1.807) is 48.3 Å². The molecule has 2 aliphatic rings. The molecule has 4 amide bonds. The number of hydrogen-bond donors (Lipinski definition) is 1. The van der Waals surface area contributed by atoms with Gasteiger partial charge in [-0.15, -0.1) is 23.7 Å². The molecule has 0 aliphatic carbocycles. The van der Waals surface area contributed by atoms with Gasteiger partial charge in [0.25, 0.3) is 11.8 Å². The number of imide groups is 1. The summed E-state index contributed by atoms with van der Waals surface area (Å²) in [6.45, 7) is 1.73. The number of nitrogens with one attached hydrogen (secondary N) is 1. The summed E-state index contributed by atoms with van der Waals surface area (Å²) in [5.74, 6) is -0.921. The highest BCUT2D eigenvalue weighted by atomic mass is 35.5. The number of ether oxygens (including phenoxy) is 2. The van der Waals surface area contributed by atoms with E-state index in [2.05, 4.69) is 5.32 Å². The zero-order valence-corrected chi connectivity index (χ0v) is 22.6. The molecule has 13 heteroatoms. The number of rotatable bonds is 9. The zero-order chi connectivity index (χ0) is 25.7. The maximum absolute atomic E-state index is 13.1. The first-order valence-electron chi connectivity index (χ1n) is 11.6. The first-order valence-corrected chi connectivity index (χ1v) is 12.8. The number of thiophene rings is 1. The molecule has 10 nitrogen and oxygen atoms in total. The Hall–Kier alpha value is -2.70. The lowest BCUT2D eigenvalue weighted by Gasteiger charge is -2.27. The summed E-state index contributed by atoms with van der Waals surface area (Å²) < 4.78 is 11.1. The number of amides is 4. The Balaban J connectivity index is 0.00000380. The molecule has 4 rings (SSSR count). The molecule has 3 heterocycles. The van der Waals surface area contributed by atoms with Crippen LogP contribution in [0, 0.1) is 0 Å². The van der Waals surface area contributed by atoms with Gasteiger partial charge in [-0.3, -0.25) is 24.2 Å². The lowest BCUT2D eigenvalue weighted by Crippen LogP contribution is -2.43. The normalized spacial score (nSPS) is 17.4. The van der Waals surface area contributed by atoms with Gasteiger partial charge in [0.15, 0.2) is 0 Å². The van der Waals surface area contributed by atoms with Crippen LogP contribution in [0.4, 0.5) is 16.2 Å². The van der Waals surface area contributed by atoms with E-state index in [-0.39, 0.29) is 50.3 Å². The summed E-state index contributed by atoms with van der Waals surface area (Å²) in [6.07, 6.45) is -0.508. The lowest BCUT2D eigenvalue weighted by molar-refractivity contribution is -0.129. The number of halogens is 2. The molecule has 1 aromatic carbocycles. The van der Waals surface area contributed by atoms with E-state index in [1.807, 2.05) is 0 Å². The summed E-state index contributed by atoms with van der Waals surface area (Å²) in [7, 11) is 1.79. The van der Waals surface area contributed by atoms with Gasteiger partial charge in [0, 0.05) is 24.3 Å². The van der Waals surface area contributed by atoms with Crippen LogP contribution in [0.2, 0.25) is 4.34 Å². The number of hydrogen-bond acceptors (Lipinski definition) is 8. The minimum absolute atomic E-state index is 0. The third-order valence-corrected chi connectivity index (χ3v) is 7.09. The van der Waals surface area contributed by atoms with Crippen LogP contribution in [0.5, 0.6) is 0 Å². The Kier molecular flexibility index (Phi) is 10.3. The van der Waals surface area contributed by atoms with E-state index in [0.29, 0.717) is 41.0 Å². The average Bonchev–Trinajstić information content (AvgIpc) is 3.48. The molecule has 0 saturated carbocycles. The van der Waals surface area contributed by atoms with Crippen LogP contribution >= 0.6 is 35.3 Å². The van der Waals surface area contributed by atoms with Crippen LogP contribution in [-0.2, 0) is 19.1 Å². The van der Waals surface area contributed by atoms with Crippen molar-refractivity contribution in [3.63, 3.8) is 0 Å². The van der Waals surface area contributed by atoms with Crippen LogP contribution in [0.3, 0.4) is 0 Å². The minimum atomic E-state index is -0.689. The molecule has 2 aliphatic heterocycles. The van der Waals surface area contributed by atoms with Gasteiger partial charge in [-0.2, -0.15) is 0 Å². The van der Waals surface area contributed by atoms with E-state index >= 15 is 0 Å². The third-order valence-electron chi connectivity index (χ3n) is 5.87. The van der Waals surface area contributed by atoms with E-state index in [4.69, 9.17) is 21.1 Å². The monoisotopic (exact) mass is 570 g/mol. The Bertz CT molecular complexity index is 1130. The summed E-state index contributed by atoms with van der Waals surface area (Å²) in [5, 5.41) is 2.98. The number of carbonyl (C=O) groups is 4. The van der Waals surface area contributed by atoms with Gasteiger partial charge < -0.3 is 19.7 Å². The van der Waals surface area contributed by atoms with Crippen LogP contribution in [0.15, 0.2) is 36.4 Å². The van der Waals surface area contributed by atoms with Crippen LogP contribution < -0.4 is 15.1 Å².